The lowest BCUT2D eigenvalue weighted by Crippen LogP contribution is -1.78. The molecule has 0 N–H and O–H groups in total. The minimum atomic E-state index is 0.651. The molecule has 2 aromatic heterocycles. The Kier molecular flexibility index (Phi) is 1.37. The zero-order valence-electron chi connectivity index (χ0n) is 5.56. The summed E-state index contributed by atoms with van der Waals surface area (Å²) in [5.74, 6) is 0. The highest BCUT2D eigenvalue weighted by Crippen LogP contribution is 2.11. The summed E-state index contributed by atoms with van der Waals surface area (Å²) in [4.78, 5) is 3.81. The van der Waals surface area contributed by atoms with Crippen molar-refractivity contribution in [3.63, 3.8) is 0 Å². The lowest BCUT2D eigenvalue weighted by atomic mass is 10.2. The van der Waals surface area contributed by atoms with E-state index in [1.54, 1.807) is 12.3 Å². The van der Waals surface area contributed by atoms with Crippen LogP contribution in [0.2, 0.25) is 0 Å². The molecular weight excluding hydrogens is 142 g/mol. The summed E-state index contributed by atoms with van der Waals surface area (Å²) in [7, 11) is 0. The molecule has 2 rings (SSSR count). The Morgan fingerprint density at radius 3 is 3.09 bits per heavy atom. The van der Waals surface area contributed by atoms with Crippen molar-refractivity contribution in [2.75, 3.05) is 0 Å². The van der Waals surface area contributed by atoms with Crippen LogP contribution in [0.3, 0.4) is 0 Å². The zero-order valence-corrected chi connectivity index (χ0v) is 5.56. The molecule has 0 amide bonds. The van der Waals surface area contributed by atoms with E-state index in [0.717, 1.165) is 5.56 Å². The third-order valence-electron chi connectivity index (χ3n) is 1.24. The molecule has 0 atom stereocenters. The Balaban J connectivity index is 2.46. The number of hydrogen-bond donors (Lipinski definition) is 0. The van der Waals surface area contributed by atoms with Gasteiger partial charge in [0.25, 0.3) is 0 Å². The highest BCUT2D eigenvalue weighted by Gasteiger charge is 1.99. The molecule has 0 aliphatic rings. The van der Waals surface area contributed by atoms with Crippen molar-refractivity contribution in [1.82, 2.24) is 15.4 Å². The van der Waals surface area contributed by atoms with Crippen molar-refractivity contribution in [2.24, 2.45) is 0 Å². The molecule has 4 nitrogen and oxygen atoms in total. The van der Waals surface area contributed by atoms with Crippen LogP contribution in [0.15, 0.2) is 29.1 Å². The molecule has 0 aromatic carbocycles. The normalized spacial score (nSPS) is 9.82. The summed E-state index contributed by atoms with van der Waals surface area (Å²) in [6.45, 7) is 0. The molecule has 0 unspecified atom stereocenters. The predicted molar refractivity (Wildman–Crippen MR) is 36.4 cm³/mol. The molecule has 4 heteroatoms. The van der Waals surface area contributed by atoms with E-state index in [0.29, 0.717) is 5.69 Å². The predicted octanol–water partition coefficient (Wildman–Crippen LogP) is 0.932. The largest absolute Gasteiger partial charge is 0.345 e. The van der Waals surface area contributed by atoms with Crippen LogP contribution in [-0.4, -0.2) is 15.4 Å². The molecule has 11 heavy (non-hydrogen) atoms. The van der Waals surface area contributed by atoms with Crippen LogP contribution in [0.4, 0.5) is 0 Å². The fourth-order valence-corrected chi connectivity index (χ4v) is 0.751. The van der Waals surface area contributed by atoms with Crippen molar-refractivity contribution in [1.29, 1.82) is 0 Å². The number of hydrogen-bond acceptors (Lipinski definition) is 4. The molecule has 0 bridgehead atoms. The standard InChI is InChI=1S/C7H4N3O/c1-2-6(4-8-3-1)7-5-11-10-9-7/h1-3,5H. The van der Waals surface area contributed by atoms with Crippen LogP contribution in [0.25, 0.3) is 11.3 Å². The van der Waals surface area contributed by atoms with Crippen molar-refractivity contribution in [3.8, 4) is 11.3 Å². The molecule has 0 saturated heterocycles. The van der Waals surface area contributed by atoms with Crippen molar-refractivity contribution >= 4 is 0 Å². The minimum absolute atomic E-state index is 0.651. The summed E-state index contributed by atoms with van der Waals surface area (Å²) in [6.07, 6.45) is 5.86. The van der Waals surface area contributed by atoms with E-state index in [1.807, 2.05) is 6.07 Å². The number of aromatic nitrogens is 3. The molecule has 0 aliphatic carbocycles. The summed E-state index contributed by atoms with van der Waals surface area (Å²) in [6, 6.07) is 3.65. The highest BCUT2D eigenvalue weighted by atomic mass is 16.5. The number of pyridine rings is 1. The Morgan fingerprint density at radius 2 is 2.45 bits per heavy atom. The van der Waals surface area contributed by atoms with Crippen molar-refractivity contribution in [2.45, 2.75) is 0 Å². The molecule has 2 heterocycles. The smallest absolute Gasteiger partial charge is 0.152 e. The van der Waals surface area contributed by atoms with Gasteiger partial charge in [0, 0.05) is 17.0 Å². The monoisotopic (exact) mass is 146 g/mol. The second kappa shape index (κ2) is 2.49. The maximum Gasteiger partial charge on any atom is 0.152 e. The fraction of sp³-hybridized carbons (Fsp3) is 0. The summed E-state index contributed by atoms with van der Waals surface area (Å²) in [5, 5.41) is 7.02. The van der Waals surface area contributed by atoms with Crippen LogP contribution in [0, 0.1) is 6.20 Å². The molecule has 1 radical (unpaired) electrons. The van der Waals surface area contributed by atoms with Gasteiger partial charge in [-0.3, -0.25) is 4.98 Å². The maximum atomic E-state index is 4.56. The van der Waals surface area contributed by atoms with Crippen LogP contribution in [0.5, 0.6) is 0 Å². The molecule has 0 saturated carbocycles. The Hall–Kier alpha value is -1.71. The Bertz CT molecular complexity index is 317. The lowest BCUT2D eigenvalue weighted by Gasteiger charge is -1.87. The zero-order chi connectivity index (χ0) is 7.52. The van der Waals surface area contributed by atoms with Gasteiger partial charge in [0.15, 0.2) is 6.26 Å². The quantitative estimate of drug-likeness (QED) is 0.600. The summed E-state index contributed by atoms with van der Waals surface area (Å²) < 4.78 is 4.56. The van der Waals surface area contributed by atoms with E-state index in [1.165, 1.54) is 6.26 Å². The van der Waals surface area contributed by atoms with Gasteiger partial charge in [-0.2, -0.15) is 0 Å². The van der Waals surface area contributed by atoms with Gasteiger partial charge < -0.3 is 4.52 Å². The van der Waals surface area contributed by atoms with E-state index in [-0.39, 0.29) is 0 Å². The van der Waals surface area contributed by atoms with E-state index in [2.05, 4.69) is 26.1 Å². The first-order chi connectivity index (χ1) is 5.47. The Labute approximate surface area is 62.9 Å². The fourth-order valence-electron chi connectivity index (χ4n) is 0.751. The molecule has 0 aliphatic heterocycles. The van der Waals surface area contributed by atoms with Gasteiger partial charge in [0.1, 0.15) is 5.69 Å². The first kappa shape index (κ1) is 6.03. The second-order valence-corrected chi connectivity index (χ2v) is 1.95. The summed E-state index contributed by atoms with van der Waals surface area (Å²) >= 11 is 0. The minimum Gasteiger partial charge on any atom is -0.345 e. The van der Waals surface area contributed by atoms with Crippen LogP contribution in [-0.2, 0) is 0 Å². The Morgan fingerprint density at radius 1 is 1.45 bits per heavy atom. The number of rotatable bonds is 1. The van der Waals surface area contributed by atoms with Crippen LogP contribution in [0.1, 0.15) is 0 Å². The average Bonchev–Trinajstić information content (AvgIpc) is 2.58. The van der Waals surface area contributed by atoms with Gasteiger partial charge in [0.05, 0.1) is 6.20 Å². The molecule has 53 valence electrons. The van der Waals surface area contributed by atoms with E-state index in [4.69, 9.17) is 0 Å². The highest BCUT2D eigenvalue weighted by molar-refractivity contribution is 5.54. The van der Waals surface area contributed by atoms with Gasteiger partial charge in [-0.05, 0) is 12.1 Å². The third-order valence-corrected chi connectivity index (χ3v) is 1.24. The SMILES string of the molecule is [c]1ncccc1-c1conn1. The maximum absolute atomic E-state index is 4.56. The molecule has 0 spiro atoms. The van der Waals surface area contributed by atoms with Gasteiger partial charge in [-0.15, -0.1) is 5.10 Å². The molecular formula is C7H4N3O. The first-order valence-corrected chi connectivity index (χ1v) is 3.07. The van der Waals surface area contributed by atoms with E-state index >= 15 is 0 Å². The van der Waals surface area contributed by atoms with Gasteiger partial charge in [0.2, 0.25) is 0 Å². The van der Waals surface area contributed by atoms with Gasteiger partial charge in [-0.25, -0.2) is 0 Å². The topological polar surface area (TPSA) is 51.8 Å². The molecule has 2 aromatic rings. The second-order valence-electron chi connectivity index (χ2n) is 1.95. The van der Waals surface area contributed by atoms with Crippen LogP contribution < -0.4 is 0 Å². The van der Waals surface area contributed by atoms with Gasteiger partial charge >= 0.3 is 0 Å². The summed E-state index contributed by atoms with van der Waals surface area (Å²) in [5.41, 5.74) is 1.44. The first-order valence-electron chi connectivity index (χ1n) is 3.07. The van der Waals surface area contributed by atoms with Crippen molar-refractivity contribution < 1.29 is 4.52 Å². The molecule has 0 fully saturated rings. The van der Waals surface area contributed by atoms with Crippen LogP contribution >= 0.6 is 0 Å². The van der Waals surface area contributed by atoms with Gasteiger partial charge in [-0.1, -0.05) is 0 Å². The van der Waals surface area contributed by atoms with E-state index < -0.39 is 0 Å². The van der Waals surface area contributed by atoms with Crippen molar-refractivity contribution in [3.05, 3.63) is 30.8 Å². The third kappa shape index (κ3) is 1.10. The number of nitrogens with zero attached hydrogens (tertiary/aromatic N) is 3. The van der Waals surface area contributed by atoms with E-state index in [9.17, 15) is 0 Å². The lowest BCUT2D eigenvalue weighted by molar-refractivity contribution is 0.393. The average molecular weight is 146 g/mol.